The molecule has 0 saturated heterocycles. The molecule has 0 aromatic carbocycles. The molecule has 2 unspecified atom stereocenters. The molecule has 506 valence electrons. The zero-order valence-electron chi connectivity index (χ0n) is 56.7. The summed E-state index contributed by atoms with van der Waals surface area (Å²) in [6, 6.07) is 0. The Kier molecular flexibility index (Phi) is 68.4. The molecule has 0 bridgehead atoms. The first-order valence-corrected chi connectivity index (χ1v) is 36.4. The van der Waals surface area contributed by atoms with Gasteiger partial charge in [-0.2, -0.15) is 0 Å². The van der Waals surface area contributed by atoms with Crippen LogP contribution in [0.3, 0.4) is 0 Å². The summed E-state index contributed by atoms with van der Waals surface area (Å²) >= 11 is 0. The van der Waals surface area contributed by atoms with Crippen molar-refractivity contribution in [1.29, 1.82) is 0 Å². The molecule has 0 amide bonds. The van der Waals surface area contributed by atoms with Crippen LogP contribution in [0.2, 0.25) is 0 Å². The fraction of sp³-hybridized carbons (Fsp3) is 0.506. The maximum absolute atomic E-state index is 12.8. The average molecular weight is 1270 g/mol. The number of unbranched alkanes of at least 4 members (excludes halogenated alkanes) is 11. The summed E-state index contributed by atoms with van der Waals surface area (Å²) in [5.41, 5.74) is 5.40. The van der Waals surface area contributed by atoms with E-state index in [0.717, 1.165) is 193 Å². The van der Waals surface area contributed by atoms with Gasteiger partial charge in [0.25, 0.3) is 0 Å². The second-order valence-corrected chi connectivity index (χ2v) is 23.4. The van der Waals surface area contributed by atoms with Crippen molar-refractivity contribution in [3.8, 4) is 0 Å². The van der Waals surface area contributed by atoms with Crippen LogP contribution >= 0.6 is 7.82 Å². The number of hydrogen-bond donors (Lipinski definition) is 2. The summed E-state index contributed by atoms with van der Waals surface area (Å²) in [6.07, 6.45) is 115. The maximum Gasteiger partial charge on any atom is 0.472 e. The third-order valence-corrected chi connectivity index (χ3v) is 14.5. The van der Waals surface area contributed by atoms with Crippen molar-refractivity contribution in [2.45, 2.75) is 238 Å². The Hall–Kier alpha value is -5.93. The van der Waals surface area contributed by atoms with E-state index in [9.17, 15) is 19.0 Å². The number of hydrogen-bond acceptors (Lipinski definition) is 8. The molecule has 0 aromatic heterocycles. The molecule has 10 heteroatoms. The van der Waals surface area contributed by atoms with Crippen LogP contribution in [0.5, 0.6) is 0 Å². The van der Waals surface area contributed by atoms with E-state index in [1.54, 1.807) is 0 Å². The molecule has 0 rings (SSSR count). The molecule has 0 aromatic rings. The van der Waals surface area contributed by atoms with Gasteiger partial charge in [0.15, 0.2) is 6.10 Å². The monoisotopic (exact) mass is 1270 g/mol. The number of carbonyl (C=O) groups is 2. The van der Waals surface area contributed by atoms with Crippen LogP contribution < -0.4 is 5.73 Å². The Bertz CT molecular complexity index is 2340. The van der Waals surface area contributed by atoms with Crippen molar-refractivity contribution in [1.82, 2.24) is 0 Å². The molecule has 0 aliphatic rings. The lowest BCUT2D eigenvalue weighted by molar-refractivity contribution is -0.161. The van der Waals surface area contributed by atoms with Crippen LogP contribution in [0, 0.1) is 0 Å². The van der Waals surface area contributed by atoms with Crippen LogP contribution in [0.25, 0.3) is 0 Å². The Morgan fingerprint density at radius 2 is 0.571 bits per heavy atom. The van der Waals surface area contributed by atoms with Crippen molar-refractivity contribution in [2.24, 2.45) is 5.73 Å². The van der Waals surface area contributed by atoms with E-state index >= 15 is 0 Å². The van der Waals surface area contributed by atoms with E-state index in [-0.39, 0.29) is 32.6 Å². The molecule has 0 radical (unpaired) electrons. The first-order chi connectivity index (χ1) is 44.8. The lowest BCUT2D eigenvalue weighted by Crippen LogP contribution is -2.29. The second-order valence-electron chi connectivity index (χ2n) is 21.9. The highest BCUT2D eigenvalue weighted by Gasteiger charge is 2.26. The van der Waals surface area contributed by atoms with Gasteiger partial charge in [-0.25, -0.2) is 4.57 Å². The number of phosphoric ester groups is 1. The van der Waals surface area contributed by atoms with Gasteiger partial charge in [-0.1, -0.05) is 290 Å². The molecule has 0 aliphatic carbocycles. The Morgan fingerprint density at radius 1 is 0.330 bits per heavy atom. The Balaban J connectivity index is 4.09. The van der Waals surface area contributed by atoms with Crippen molar-refractivity contribution in [3.05, 3.63) is 231 Å². The van der Waals surface area contributed by atoms with E-state index in [1.165, 1.54) is 0 Å². The quantitative estimate of drug-likeness (QED) is 0.0264. The van der Waals surface area contributed by atoms with E-state index < -0.39 is 32.5 Å². The van der Waals surface area contributed by atoms with Crippen LogP contribution in [-0.4, -0.2) is 49.3 Å². The first kappa shape index (κ1) is 85.1. The topological polar surface area (TPSA) is 134 Å². The minimum atomic E-state index is -4.42. The highest BCUT2D eigenvalue weighted by atomic mass is 31.2. The van der Waals surface area contributed by atoms with Crippen LogP contribution in [0.15, 0.2) is 231 Å². The lowest BCUT2D eigenvalue weighted by atomic mass is 10.1. The van der Waals surface area contributed by atoms with E-state index in [0.29, 0.717) is 12.8 Å². The van der Waals surface area contributed by atoms with E-state index in [1.807, 2.05) is 0 Å². The van der Waals surface area contributed by atoms with Gasteiger partial charge in [0.1, 0.15) is 6.61 Å². The number of phosphoric acid groups is 1. The SMILES string of the molecule is CC/C=C\C/C=C\C/C=C\C/C=C\C/C=C\C/C=C\C/C=C\C/C=C\C/C=C\C/C=C\C/C=C\CCCCCCCC(=O)OC(COC(=O)CCCCCCCC/C=C\C/C=C\C/C=C\C/C=C\C/C=C\C/C=C\C/C=C\C/C=C\CC)COP(=O)(O)OCCN. The van der Waals surface area contributed by atoms with Gasteiger partial charge >= 0.3 is 19.8 Å². The maximum atomic E-state index is 12.8. The summed E-state index contributed by atoms with van der Waals surface area (Å²) in [5, 5.41) is 0. The average Bonchev–Trinajstić information content (AvgIpc) is 3.71. The third-order valence-electron chi connectivity index (χ3n) is 13.5. The number of rotatable bonds is 62. The van der Waals surface area contributed by atoms with E-state index in [4.69, 9.17) is 24.3 Å². The number of nitrogens with two attached hydrogens (primary N) is 1. The summed E-state index contributed by atoms with van der Waals surface area (Å²) in [4.78, 5) is 35.4. The van der Waals surface area contributed by atoms with E-state index in [2.05, 4.69) is 245 Å². The molecule has 3 N–H and O–H groups in total. The molecular weight excluding hydrogens is 1150 g/mol. The van der Waals surface area contributed by atoms with Gasteiger partial charge in [-0.05, 0) is 161 Å². The molecule has 2 atom stereocenters. The van der Waals surface area contributed by atoms with Gasteiger partial charge in [0.2, 0.25) is 0 Å². The molecular formula is C81H124NO8P. The van der Waals surface area contributed by atoms with Gasteiger partial charge in [0, 0.05) is 19.4 Å². The Morgan fingerprint density at radius 3 is 0.846 bits per heavy atom. The Labute approximate surface area is 555 Å². The molecule has 9 nitrogen and oxygen atoms in total. The van der Waals surface area contributed by atoms with Crippen LogP contribution in [0.4, 0.5) is 0 Å². The van der Waals surface area contributed by atoms with Crippen LogP contribution in [0.1, 0.15) is 232 Å². The predicted molar refractivity (Wildman–Crippen MR) is 394 cm³/mol. The van der Waals surface area contributed by atoms with Crippen molar-refractivity contribution >= 4 is 19.8 Å². The molecule has 0 aliphatic heterocycles. The predicted octanol–water partition coefficient (Wildman–Crippen LogP) is 23.4. The molecule has 0 saturated carbocycles. The summed E-state index contributed by atoms with van der Waals surface area (Å²) < 4.78 is 33.1. The smallest absolute Gasteiger partial charge is 0.462 e. The minimum absolute atomic E-state index is 0.0344. The summed E-state index contributed by atoms with van der Waals surface area (Å²) in [7, 11) is -4.42. The molecule has 91 heavy (non-hydrogen) atoms. The molecule has 0 fully saturated rings. The largest absolute Gasteiger partial charge is 0.472 e. The minimum Gasteiger partial charge on any atom is -0.462 e. The standard InChI is InChI=1S/C81H124NO8P/c1-3-5-7-9-11-13-15-17-19-21-23-25-27-29-31-33-35-36-37-38-39-40-41-42-44-46-48-50-52-54-56-58-60-62-64-66-68-70-72-74-81(84)90-79(78-89-91(85,86)88-76-75-82)77-87-80(83)73-71-69-67-65-63-61-59-57-55-53-51-49-47-45-43-34-32-30-28-26-24-22-20-18-16-14-12-10-8-6-4-2/h5-8,11-14,17-20,23-26,29-32,35-36,38-39,41-43,45-46,48-49,51-52,54-55,57-58,60,79H,3-4,9-10,15-16,21-22,27-28,33-34,37,40,44,47,50,53,56,59,61-78,82H2,1-2H3,(H,85,86)/b7-5-,8-6-,13-11-,14-12-,19-17-,20-18-,25-23-,26-24-,31-29-,32-30-,36-35-,39-38-,42-41-,45-43-,48-46-,51-49-,54-52-,57-55-,60-58-. The summed E-state index contributed by atoms with van der Waals surface area (Å²) in [6.45, 7) is 3.44. The number of esters is 2. The second kappa shape index (κ2) is 73.1. The van der Waals surface area contributed by atoms with Crippen molar-refractivity contribution in [2.75, 3.05) is 26.4 Å². The molecule has 0 heterocycles. The summed E-state index contributed by atoms with van der Waals surface area (Å²) in [5.74, 6) is -0.887. The zero-order valence-corrected chi connectivity index (χ0v) is 57.6. The highest BCUT2D eigenvalue weighted by Crippen LogP contribution is 2.43. The van der Waals surface area contributed by atoms with Crippen molar-refractivity contribution in [3.63, 3.8) is 0 Å². The number of ether oxygens (including phenoxy) is 2. The van der Waals surface area contributed by atoms with Gasteiger partial charge in [-0.3, -0.25) is 18.6 Å². The van der Waals surface area contributed by atoms with Gasteiger partial charge in [-0.15, -0.1) is 0 Å². The third kappa shape index (κ3) is 73.0. The molecule has 0 spiro atoms. The first-order valence-electron chi connectivity index (χ1n) is 34.9. The number of allylic oxidation sites excluding steroid dienone is 38. The highest BCUT2D eigenvalue weighted by molar-refractivity contribution is 7.47. The normalized spacial score (nSPS) is 14.4. The lowest BCUT2D eigenvalue weighted by Gasteiger charge is -2.19. The van der Waals surface area contributed by atoms with Crippen LogP contribution in [-0.2, 0) is 32.7 Å². The van der Waals surface area contributed by atoms with Gasteiger partial charge in [0.05, 0.1) is 13.2 Å². The fourth-order valence-corrected chi connectivity index (χ4v) is 9.24. The number of carbonyl (C=O) groups excluding carboxylic acids is 2. The van der Waals surface area contributed by atoms with Gasteiger partial charge < -0.3 is 20.1 Å². The fourth-order valence-electron chi connectivity index (χ4n) is 8.48. The van der Waals surface area contributed by atoms with Crippen molar-refractivity contribution < 1.29 is 37.6 Å². The zero-order chi connectivity index (χ0) is 65.8.